The predicted octanol–water partition coefficient (Wildman–Crippen LogP) is 2.64. The van der Waals surface area contributed by atoms with Gasteiger partial charge in [-0.05, 0) is 48.2 Å². The Balaban J connectivity index is 1.36. The first kappa shape index (κ1) is 18.5. The van der Waals surface area contributed by atoms with Gasteiger partial charge < -0.3 is 15.0 Å². The molecule has 1 saturated heterocycles. The first-order valence-electron chi connectivity index (χ1n) is 9.67. The average Bonchev–Trinajstić information content (AvgIpc) is 3.35. The summed E-state index contributed by atoms with van der Waals surface area (Å²) >= 11 is 0. The van der Waals surface area contributed by atoms with Crippen LogP contribution in [0.5, 0.6) is 5.75 Å². The van der Waals surface area contributed by atoms with E-state index in [0.717, 1.165) is 25.3 Å². The molecule has 6 nitrogen and oxygen atoms in total. The third-order valence-electron chi connectivity index (χ3n) is 5.50. The molecule has 0 aromatic heterocycles. The van der Waals surface area contributed by atoms with Crippen LogP contribution in [0.25, 0.3) is 0 Å². The number of carbonyl (C=O) groups is 2. The molecule has 0 spiro atoms. The first-order chi connectivity index (χ1) is 13.6. The number of nitrogens with zero attached hydrogens (tertiary/aromatic N) is 2. The van der Waals surface area contributed by atoms with Gasteiger partial charge in [-0.1, -0.05) is 24.3 Å². The van der Waals surface area contributed by atoms with Crippen molar-refractivity contribution in [3.8, 4) is 5.75 Å². The van der Waals surface area contributed by atoms with Crippen LogP contribution in [0.2, 0.25) is 0 Å². The van der Waals surface area contributed by atoms with Gasteiger partial charge in [-0.15, -0.1) is 0 Å². The number of ether oxygens (including phenoxy) is 1. The Morgan fingerprint density at radius 2 is 1.75 bits per heavy atom. The van der Waals surface area contributed by atoms with Gasteiger partial charge in [-0.25, -0.2) is 0 Å². The smallest absolute Gasteiger partial charge is 0.247 e. The van der Waals surface area contributed by atoms with Crippen molar-refractivity contribution < 1.29 is 14.3 Å². The first-order valence-corrected chi connectivity index (χ1v) is 9.67. The molecule has 0 bridgehead atoms. The quantitative estimate of drug-likeness (QED) is 0.868. The van der Waals surface area contributed by atoms with E-state index in [1.54, 1.807) is 36.3 Å². The molecule has 0 saturated carbocycles. The van der Waals surface area contributed by atoms with Gasteiger partial charge >= 0.3 is 0 Å². The highest BCUT2D eigenvalue weighted by Gasteiger charge is 2.35. The SMILES string of the molecule is COc1ccc(NC(=O)C2CCCN2C(=O)CN2Cc3ccccc3C2)cc1. The van der Waals surface area contributed by atoms with Crippen LogP contribution in [0.4, 0.5) is 5.69 Å². The number of amides is 2. The number of fused-ring (bicyclic) bond motifs is 1. The van der Waals surface area contributed by atoms with E-state index in [1.807, 2.05) is 12.1 Å². The fraction of sp³-hybridized carbons (Fsp3) is 0.364. The van der Waals surface area contributed by atoms with Crippen molar-refractivity contribution in [3.63, 3.8) is 0 Å². The van der Waals surface area contributed by atoms with Crippen molar-refractivity contribution in [1.82, 2.24) is 9.80 Å². The zero-order chi connectivity index (χ0) is 19.5. The molecule has 1 N–H and O–H groups in total. The van der Waals surface area contributed by atoms with Crippen molar-refractivity contribution in [2.45, 2.75) is 32.0 Å². The second-order valence-electron chi connectivity index (χ2n) is 7.38. The van der Waals surface area contributed by atoms with Gasteiger partial charge in [0.25, 0.3) is 0 Å². The van der Waals surface area contributed by atoms with Crippen LogP contribution in [0.1, 0.15) is 24.0 Å². The lowest BCUT2D eigenvalue weighted by molar-refractivity contribution is -0.137. The summed E-state index contributed by atoms with van der Waals surface area (Å²) in [6.07, 6.45) is 1.56. The van der Waals surface area contributed by atoms with Crippen LogP contribution in [0.15, 0.2) is 48.5 Å². The maximum absolute atomic E-state index is 12.9. The molecule has 2 aliphatic rings. The summed E-state index contributed by atoms with van der Waals surface area (Å²) in [7, 11) is 1.61. The maximum Gasteiger partial charge on any atom is 0.247 e. The topological polar surface area (TPSA) is 61.9 Å². The number of methoxy groups -OCH3 is 1. The normalized spacial score (nSPS) is 18.8. The van der Waals surface area contributed by atoms with E-state index in [9.17, 15) is 9.59 Å². The number of benzene rings is 2. The highest BCUT2D eigenvalue weighted by Crippen LogP contribution is 2.24. The molecular formula is C22H25N3O3. The highest BCUT2D eigenvalue weighted by atomic mass is 16.5. The van der Waals surface area contributed by atoms with Crippen molar-refractivity contribution in [3.05, 3.63) is 59.7 Å². The van der Waals surface area contributed by atoms with E-state index in [2.05, 4.69) is 22.3 Å². The van der Waals surface area contributed by atoms with Gasteiger partial charge in [0, 0.05) is 25.3 Å². The summed E-state index contributed by atoms with van der Waals surface area (Å²) in [6, 6.07) is 15.1. The minimum Gasteiger partial charge on any atom is -0.497 e. The number of hydrogen-bond donors (Lipinski definition) is 1. The van der Waals surface area contributed by atoms with Crippen LogP contribution in [0, 0.1) is 0 Å². The summed E-state index contributed by atoms with van der Waals surface area (Å²) in [5.41, 5.74) is 3.27. The number of carbonyl (C=O) groups excluding carboxylic acids is 2. The van der Waals surface area contributed by atoms with E-state index >= 15 is 0 Å². The van der Waals surface area contributed by atoms with Crippen molar-refractivity contribution in [2.24, 2.45) is 0 Å². The lowest BCUT2D eigenvalue weighted by atomic mass is 10.1. The molecule has 4 rings (SSSR count). The summed E-state index contributed by atoms with van der Waals surface area (Å²) in [6.45, 7) is 2.57. The Kier molecular flexibility index (Phi) is 5.30. The Morgan fingerprint density at radius 3 is 2.39 bits per heavy atom. The fourth-order valence-electron chi connectivity index (χ4n) is 4.04. The van der Waals surface area contributed by atoms with Gasteiger partial charge in [0.15, 0.2) is 0 Å². The van der Waals surface area contributed by atoms with Crippen molar-refractivity contribution >= 4 is 17.5 Å². The number of nitrogens with one attached hydrogen (secondary N) is 1. The van der Waals surface area contributed by atoms with Crippen LogP contribution < -0.4 is 10.1 Å². The van der Waals surface area contributed by atoms with Crippen molar-refractivity contribution in [2.75, 3.05) is 25.5 Å². The van der Waals surface area contributed by atoms with E-state index in [-0.39, 0.29) is 11.8 Å². The maximum atomic E-state index is 12.9. The van der Waals surface area contributed by atoms with E-state index < -0.39 is 6.04 Å². The number of rotatable bonds is 5. The largest absolute Gasteiger partial charge is 0.497 e. The minimum absolute atomic E-state index is 0.0280. The Bertz CT molecular complexity index is 841. The molecule has 2 heterocycles. The molecule has 2 amide bonds. The molecule has 146 valence electrons. The third-order valence-corrected chi connectivity index (χ3v) is 5.50. The van der Waals surface area contributed by atoms with Crippen molar-refractivity contribution in [1.29, 1.82) is 0 Å². The molecule has 1 atom stereocenters. The Morgan fingerprint density at radius 1 is 1.07 bits per heavy atom. The molecule has 0 aliphatic carbocycles. The van der Waals surface area contributed by atoms with Gasteiger partial charge in [-0.3, -0.25) is 14.5 Å². The third kappa shape index (κ3) is 3.87. The second kappa shape index (κ2) is 8.02. The van der Waals surface area contributed by atoms with Gasteiger partial charge in [0.1, 0.15) is 11.8 Å². The predicted molar refractivity (Wildman–Crippen MR) is 107 cm³/mol. The zero-order valence-electron chi connectivity index (χ0n) is 16.1. The van der Waals surface area contributed by atoms with Gasteiger partial charge in [0.05, 0.1) is 13.7 Å². The zero-order valence-corrected chi connectivity index (χ0v) is 16.1. The number of likely N-dealkylation sites (tertiary alicyclic amines) is 1. The molecule has 6 heteroatoms. The Labute approximate surface area is 165 Å². The van der Waals surface area contributed by atoms with E-state index in [1.165, 1.54) is 11.1 Å². The number of hydrogen-bond acceptors (Lipinski definition) is 4. The van der Waals surface area contributed by atoms with Crippen LogP contribution in [-0.4, -0.2) is 47.9 Å². The van der Waals surface area contributed by atoms with Gasteiger partial charge in [-0.2, -0.15) is 0 Å². The lowest BCUT2D eigenvalue weighted by Gasteiger charge is -2.26. The Hall–Kier alpha value is -2.86. The lowest BCUT2D eigenvalue weighted by Crippen LogP contribution is -2.46. The second-order valence-corrected chi connectivity index (χ2v) is 7.38. The molecule has 2 aliphatic heterocycles. The molecular weight excluding hydrogens is 354 g/mol. The summed E-state index contributed by atoms with van der Waals surface area (Å²) < 4.78 is 5.14. The highest BCUT2D eigenvalue weighted by molar-refractivity contribution is 5.97. The summed E-state index contributed by atoms with van der Waals surface area (Å²) in [5.74, 6) is 0.642. The average molecular weight is 379 g/mol. The standard InChI is InChI=1S/C22H25N3O3/c1-28-19-10-8-18(9-11-19)23-22(27)20-7-4-12-25(20)21(26)15-24-13-16-5-2-3-6-17(16)14-24/h2-3,5-6,8-11,20H,4,7,12-15H2,1H3,(H,23,27). The van der Waals surface area contributed by atoms with Crippen LogP contribution in [0.3, 0.4) is 0 Å². The van der Waals surface area contributed by atoms with Crippen LogP contribution >= 0.6 is 0 Å². The molecule has 0 radical (unpaired) electrons. The van der Waals surface area contributed by atoms with Crippen LogP contribution in [-0.2, 0) is 22.7 Å². The molecule has 2 aromatic rings. The molecule has 1 unspecified atom stereocenters. The van der Waals surface area contributed by atoms with E-state index in [0.29, 0.717) is 25.2 Å². The van der Waals surface area contributed by atoms with E-state index in [4.69, 9.17) is 4.74 Å². The minimum atomic E-state index is -0.403. The summed E-state index contributed by atoms with van der Waals surface area (Å²) in [4.78, 5) is 29.5. The fourth-order valence-corrected chi connectivity index (χ4v) is 4.04. The van der Waals surface area contributed by atoms with Gasteiger partial charge in [0.2, 0.25) is 11.8 Å². The monoisotopic (exact) mass is 379 g/mol. The number of anilines is 1. The summed E-state index contributed by atoms with van der Waals surface area (Å²) in [5, 5.41) is 2.93. The molecule has 28 heavy (non-hydrogen) atoms. The molecule has 2 aromatic carbocycles. The molecule has 1 fully saturated rings.